The van der Waals surface area contributed by atoms with Gasteiger partial charge in [-0.3, -0.25) is 4.98 Å². The van der Waals surface area contributed by atoms with Gasteiger partial charge in [0.15, 0.2) is 0 Å². The summed E-state index contributed by atoms with van der Waals surface area (Å²) in [4.78, 5) is 4.23. The fourth-order valence-electron chi connectivity index (χ4n) is 1.56. The summed E-state index contributed by atoms with van der Waals surface area (Å²) >= 11 is 0. The number of nitrogens with zero attached hydrogens (tertiary/aromatic N) is 1. The number of halogens is 3. The average molecular weight is 252 g/mol. The molecule has 18 heavy (non-hydrogen) atoms. The van der Waals surface area contributed by atoms with Gasteiger partial charge in [0.2, 0.25) is 0 Å². The molecular weight excluding hydrogens is 241 g/mol. The summed E-state index contributed by atoms with van der Waals surface area (Å²) in [5.41, 5.74) is 7.43. The molecule has 1 aromatic carbocycles. The van der Waals surface area contributed by atoms with Gasteiger partial charge in [-0.25, -0.2) is 0 Å². The van der Waals surface area contributed by atoms with Crippen molar-refractivity contribution in [1.29, 1.82) is 0 Å². The first-order valence-corrected chi connectivity index (χ1v) is 5.28. The molecule has 0 unspecified atom stereocenters. The first-order chi connectivity index (χ1) is 8.38. The number of hydrogen-bond acceptors (Lipinski definition) is 2. The maximum atomic E-state index is 12.4. The smallest absolute Gasteiger partial charge is 0.397 e. The van der Waals surface area contributed by atoms with Crippen molar-refractivity contribution in [2.24, 2.45) is 0 Å². The summed E-state index contributed by atoms with van der Waals surface area (Å²) in [6, 6.07) is 8.27. The Labute approximate surface area is 102 Å². The minimum Gasteiger partial charge on any atom is -0.397 e. The van der Waals surface area contributed by atoms with Crippen molar-refractivity contribution in [2.45, 2.75) is 13.1 Å². The summed E-state index contributed by atoms with van der Waals surface area (Å²) in [5, 5.41) is 0. The second-order valence-electron chi connectivity index (χ2n) is 3.95. The van der Waals surface area contributed by atoms with E-state index in [1.54, 1.807) is 19.1 Å². The maximum absolute atomic E-state index is 12.4. The minimum absolute atomic E-state index is 0.561. The number of rotatable bonds is 1. The monoisotopic (exact) mass is 252 g/mol. The zero-order chi connectivity index (χ0) is 13.3. The number of nitrogens with two attached hydrogens (primary N) is 1. The predicted octanol–water partition coefficient (Wildman–Crippen LogP) is 3.66. The molecule has 0 fully saturated rings. The number of aryl methyl sites for hydroxylation is 1. The highest BCUT2D eigenvalue weighted by atomic mass is 19.4. The zero-order valence-electron chi connectivity index (χ0n) is 9.62. The lowest BCUT2D eigenvalue weighted by Gasteiger charge is -2.08. The van der Waals surface area contributed by atoms with Crippen molar-refractivity contribution in [2.75, 3.05) is 5.73 Å². The molecule has 0 atom stereocenters. The maximum Gasteiger partial charge on any atom is 0.416 e. The van der Waals surface area contributed by atoms with Crippen LogP contribution in [0.15, 0.2) is 36.4 Å². The van der Waals surface area contributed by atoms with E-state index in [1.807, 2.05) is 0 Å². The highest BCUT2D eigenvalue weighted by Gasteiger charge is 2.29. The summed E-state index contributed by atoms with van der Waals surface area (Å²) in [6.07, 6.45) is -4.32. The van der Waals surface area contributed by atoms with Gasteiger partial charge in [0.05, 0.1) is 22.6 Å². The van der Waals surface area contributed by atoms with Crippen molar-refractivity contribution in [1.82, 2.24) is 4.98 Å². The topological polar surface area (TPSA) is 38.9 Å². The van der Waals surface area contributed by atoms with E-state index in [2.05, 4.69) is 4.98 Å². The van der Waals surface area contributed by atoms with Crippen molar-refractivity contribution >= 4 is 5.69 Å². The van der Waals surface area contributed by atoms with Gasteiger partial charge in [-0.05, 0) is 31.2 Å². The molecule has 2 aromatic rings. The fraction of sp³-hybridized carbons (Fsp3) is 0.154. The van der Waals surface area contributed by atoms with E-state index in [4.69, 9.17) is 5.73 Å². The number of hydrogen-bond donors (Lipinski definition) is 1. The molecule has 2 N–H and O–H groups in total. The fourth-order valence-corrected chi connectivity index (χ4v) is 1.56. The number of benzene rings is 1. The number of aromatic nitrogens is 1. The van der Waals surface area contributed by atoms with Gasteiger partial charge in [0, 0.05) is 5.56 Å². The van der Waals surface area contributed by atoms with Gasteiger partial charge in [-0.1, -0.05) is 12.1 Å². The second kappa shape index (κ2) is 4.33. The van der Waals surface area contributed by atoms with Crippen molar-refractivity contribution in [3.8, 4) is 11.3 Å². The number of pyridine rings is 1. The molecular formula is C13H11F3N2. The van der Waals surface area contributed by atoms with Crippen LogP contribution in [0, 0.1) is 6.92 Å². The standard InChI is InChI=1S/C13H11F3N2/c1-8-11(17)6-7-12(18-8)9-2-4-10(5-3-9)13(14,15)16/h2-7H,17H2,1H3. The van der Waals surface area contributed by atoms with E-state index in [-0.39, 0.29) is 0 Å². The number of alkyl halides is 3. The molecule has 1 aromatic heterocycles. The van der Waals surface area contributed by atoms with Crippen LogP contribution < -0.4 is 5.73 Å². The Balaban J connectivity index is 2.37. The largest absolute Gasteiger partial charge is 0.416 e. The summed E-state index contributed by atoms with van der Waals surface area (Å²) in [7, 11) is 0. The molecule has 0 bridgehead atoms. The summed E-state index contributed by atoms with van der Waals surface area (Å²) in [5.74, 6) is 0. The first kappa shape index (κ1) is 12.4. The lowest BCUT2D eigenvalue weighted by Crippen LogP contribution is -2.04. The van der Waals surface area contributed by atoms with Gasteiger partial charge in [-0.2, -0.15) is 13.2 Å². The Bertz CT molecular complexity index is 559. The van der Waals surface area contributed by atoms with Crippen LogP contribution >= 0.6 is 0 Å². The van der Waals surface area contributed by atoms with Crippen LogP contribution in [0.2, 0.25) is 0 Å². The summed E-state index contributed by atoms with van der Waals surface area (Å²) in [6.45, 7) is 1.75. The van der Waals surface area contributed by atoms with Crippen LogP contribution in [0.4, 0.5) is 18.9 Å². The molecule has 94 valence electrons. The van der Waals surface area contributed by atoms with Gasteiger partial charge < -0.3 is 5.73 Å². The molecule has 2 rings (SSSR count). The minimum atomic E-state index is -4.32. The summed E-state index contributed by atoms with van der Waals surface area (Å²) < 4.78 is 37.2. The predicted molar refractivity (Wildman–Crippen MR) is 63.8 cm³/mol. The Morgan fingerprint density at radius 1 is 1.00 bits per heavy atom. The van der Waals surface area contributed by atoms with Crippen LogP contribution in [0.1, 0.15) is 11.3 Å². The molecule has 0 aliphatic carbocycles. The van der Waals surface area contributed by atoms with Gasteiger partial charge in [0.25, 0.3) is 0 Å². The van der Waals surface area contributed by atoms with E-state index < -0.39 is 11.7 Å². The van der Waals surface area contributed by atoms with Crippen LogP contribution in [0.3, 0.4) is 0 Å². The molecule has 0 saturated carbocycles. The van der Waals surface area contributed by atoms with Gasteiger partial charge in [-0.15, -0.1) is 0 Å². The molecule has 1 heterocycles. The molecule has 0 saturated heterocycles. The third kappa shape index (κ3) is 2.45. The van der Waals surface area contributed by atoms with E-state index in [1.165, 1.54) is 12.1 Å². The van der Waals surface area contributed by atoms with Crippen molar-refractivity contribution in [3.63, 3.8) is 0 Å². The Kier molecular flexibility index (Phi) is 2.98. The molecule has 0 radical (unpaired) electrons. The third-order valence-electron chi connectivity index (χ3n) is 2.63. The molecule has 0 amide bonds. The first-order valence-electron chi connectivity index (χ1n) is 5.28. The molecule has 2 nitrogen and oxygen atoms in total. The van der Waals surface area contributed by atoms with E-state index in [0.29, 0.717) is 22.6 Å². The molecule has 0 spiro atoms. The highest BCUT2D eigenvalue weighted by Crippen LogP contribution is 2.30. The van der Waals surface area contributed by atoms with Crippen LogP contribution in [-0.4, -0.2) is 4.98 Å². The molecule has 5 heteroatoms. The van der Waals surface area contributed by atoms with Gasteiger partial charge >= 0.3 is 6.18 Å². The van der Waals surface area contributed by atoms with Gasteiger partial charge in [0.1, 0.15) is 0 Å². The van der Waals surface area contributed by atoms with Crippen LogP contribution in [-0.2, 0) is 6.18 Å². The number of nitrogen functional groups attached to an aromatic ring is 1. The highest BCUT2D eigenvalue weighted by molar-refractivity contribution is 5.62. The molecule has 0 aliphatic heterocycles. The third-order valence-corrected chi connectivity index (χ3v) is 2.63. The van der Waals surface area contributed by atoms with E-state index in [0.717, 1.165) is 12.1 Å². The SMILES string of the molecule is Cc1nc(-c2ccc(C(F)(F)F)cc2)ccc1N. The Morgan fingerprint density at radius 3 is 2.11 bits per heavy atom. The Morgan fingerprint density at radius 2 is 1.61 bits per heavy atom. The zero-order valence-corrected chi connectivity index (χ0v) is 9.62. The van der Waals surface area contributed by atoms with E-state index in [9.17, 15) is 13.2 Å². The normalized spacial score (nSPS) is 11.6. The Hall–Kier alpha value is -2.04. The van der Waals surface area contributed by atoms with Crippen molar-refractivity contribution < 1.29 is 13.2 Å². The number of anilines is 1. The van der Waals surface area contributed by atoms with E-state index >= 15 is 0 Å². The van der Waals surface area contributed by atoms with Crippen LogP contribution in [0.5, 0.6) is 0 Å². The lowest BCUT2D eigenvalue weighted by atomic mass is 10.1. The lowest BCUT2D eigenvalue weighted by molar-refractivity contribution is -0.137. The van der Waals surface area contributed by atoms with Crippen LogP contribution in [0.25, 0.3) is 11.3 Å². The average Bonchev–Trinajstić information content (AvgIpc) is 2.32. The quantitative estimate of drug-likeness (QED) is 0.841. The van der Waals surface area contributed by atoms with Crippen molar-refractivity contribution in [3.05, 3.63) is 47.7 Å². The second-order valence-corrected chi connectivity index (χ2v) is 3.95. The molecule has 0 aliphatic rings.